The summed E-state index contributed by atoms with van der Waals surface area (Å²) in [5, 5.41) is -0.444. The van der Waals surface area contributed by atoms with Gasteiger partial charge in [0.15, 0.2) is 0 Å². The molecule has 0 aromatic heterocycles. The van der Waals surface area contributed by atoms with Crippen molar-refractivity contribution in [3.8, 4) is 0 Å². The van der Waals surface area contributed by atoms with Crippen LogP contribution >= 0.6 is 32.4 Å². The first kappa shape index (κ1) is 23.0. The zero-order valence-corrected chi connectivity index (χ0v) is 20.2. The van der Waals surface area contributed by atoms with Crippen LogP contribution in [0.1, 0.15) is 11.1 Å². The van der Waals surface area contributed by atoms with E-state index in [0.29, 0.717) is 0 Å². The Hall–Kier alpha value is -2.13. The molecule has 4 rings (SSSR count). The third kappa shape index (κ3) is 4.01. The molecule has 6 heteroatoms. The number of alkyl halides is 3. The normalized spacial score (nSPS) is 13.3. The van der Waals surface area contributed by atoms with Crippen LogP contribution in [-0.2, 0) is 12.3 Å². The van der Waals surface area contributed by atoms with Crippen molar-refractivity contribution in [2.45, 2.75) is 12.3 Å². The Bertz CT molecular complexity index is 1110. The first-order valence-electron chi connectivity index (χ1n) is 9.99. The van der Waals surface area contributed by atoms with E-state index < -0.39 is 17.0 Å². The molecule has 0 radical (unpaired) electrons. The molecule has 4 aromatic carbocycles. The van der Waals surface area contributed by atoms with E-state index in [2.05, 4.69) is 15.5 Å². The molecule has 0 saturated carbocycles. The summed E-state index contributed by atoms with van der Waals surface area (Å²) in [6, 6.07) is 33.0. The first-order valence-corrected chi connectivity index (χ1v) is 14.8. The summed E-state index contributed by atoms with van der Waals surface area (Å²) in [4.78, 5) is 0. The maximum atomic E-state index is 14.0. The molecular formula is C26H20BrClF3P. The molecule has 0 aliphatic rings. The van der Waals surface area contributed by atoms with Crippen molar-refractivity contribution in [1.82, 2.24) is 0 Å². The summed E-state index contributed by atoms with van der Waals surface area (Å²) in [7, 11) is 0. The van der Waals surface area contributed by atoms with Crippen molar-refractivity contribution >= 4 is 48.3 Å². The van der Waals surface area contributed by atoms with Crippen LogP contribution in [0.2, 0.25) is 5.02 Å². The van der Waals surface area contributed by atoms with Crippen LogP contribution in [0, 0.1) is 0 Å². The van der Waals surface area contributed by atoms with Gasteiger partial charge in [0.05, 0.1) is 0 Å². The van der Waals surface area contributed by atoms with Crippen LogP contribution in [-0.4, -0.2) is 0 Å². The van der Waals surface area contributed by atoms with Gasteiger partial charge >= 0.3 is 199 Å². The van der Waals surface area contributed by atoms with Crippen molar-refractivity contribution in [2.24, 2.45) is 0 Å². The predicted octanol–water partition coefficient (Wildman–Crippen LogP) is 7.70. The molecule has 0 spiro atoms. The fraction of sp³-hybridized carbons (Fsp3) is 0.0769. The van der Waals surface area contributed by atoms with Crippen molar-refractivity contribution in [3.05, 3.63) is 125 Å². The van der Waals surface area contributed by atoms with E-state index in [1.54, 1.807) is 0 Å². The second-order valence-electron chi connectivity index (χ2n) is 7.65. The Labute approximate surface area is 198 Å². The van der Waals surface area contributed by atoms with E-state index in [4.69, 9.17) is 11.6 Å². The molecule has 0 unspecified atom stereocenters. The van der Waals surface area contributed by atoms with Gasteiger partial charge in [-0.2, -0.15) is 0 Å². The SMILES string of the molecule is FC(F)(F)c1ccc(Cl)cc1CP(Br)(c1ccccc1)(c1ccccc1)c1ccccc1. The van der Waals surface area contributed by atoms with Gasteiger partial charge in [-0.3, -0.25) is 0 Å². The Balaban J connectivity index is 2.12. The Kier molecular flexibility index (Phi) is 6.24. The topological polar surface area (TPSA) is 0 Å². The molecule has 0 saturated heterocycles. The average molecular weight is 536 g/mol. The van der Waals surface area contributed by atoms with Gasteiger partial charge in [0, 0.05) is 0 Å². The molecule has 4 aromatic rings. The van der Waals surface area contributed by atoms with Crippen molar-refractivity contribution in [2.75, 3.05) is 0 Å². The summed E-state index contributed by atoms with van der Waals surface area (Å²) in [6.45, 7) is 0. The summed E-state index contributed by atoms with van der Waals surface area (Å²) >= 11 is 10.4. The first-order chi connectivity index (χ1) is 15.2. The van der Waals surface area contributed by atoms with E-state index >= 15 is 0 Å². The number of hydrogen-bond donors (Lipinski definition) is 0. The van der Waals surface area contributed by atoms with E-state index in [1.807, 2.05) is 91.0 Å². The maximum absolute atomic E-state index is 14.0. The molecule has 0 nitrogen and oxygen atoms in total. The van der Waals surface area contributed by atoms with Crippen molar-refractivity contribution in [1.29, 1.82) is 0 Å². The second-order valence-corrected chi connectivity index (χ2v) is 17.0. The van der Waals surface area contributed by atoms with Gasteiger partial charge in [0.25, 0.3) is 0 Å². The molecule has 0 amide bonds. The van der Waals surface area contributed by atoms with E-state index in [9.17, 15) is 13.2 Å². The van der Waals surface area contributed by atoms with Gasteiger partial charge in [0.1, 0.15) is 0 Å². The Morgan fingerprint density at radius 3 is 1.44 bits per heavy atom. The Morgan fingerprint density at radius 1 is 0.656 bits per heavy atom. The van der Waals surface area contributed by atoms with Gasteiger partial charge in [-0.25, -0.2) is 0 Å². The number of halogens is 5. The quantitative estimate of drug-likeness (QED) is 0.230. The molecule has 32 heavy (non-hydrogen) atoms. The fourth-order valence-electron chi connectivity index (χ4n) is 4.23. The van der Waals surface area contributed by atoms with Gasteiger partial charge in [-0.05, 0) is 0 Å². The molecule has 0 fully saturated rings. The molecule has 0 aliphatic carbocycles. The molecule has 164 valence electrons. The van der Waals surface area contributed by atoms with E-state index in [-0.39, 0.29) is 16.7 Å². The summed E-state index contributed by atoms with van der Waals surface area (Å²) in [5.41, 5.74) is -0.505. The van der Waals surface area contributed by atoms with Gasteiger partial charge in [0.2, 0.25) is 0 Å². The van der Waals surface area contributed by atoms with Crippen LogP contribution in [0.15, 0.2) is 109 Å². The van der Waals surface area contributed by atoms with Crippen LogP contribution < -0.4 is 15.9 Å². The molecule has 0 aliphatic heterocycles. The zero-order chi connectivity index (χ0) is 22.8. The summed E-state index contributed by atoms with van der Waals surface area (Å²) in [6.07, 6.45) is -4.37. The fourth-order valence-corrected chi connectivity index (χ4v) is 12.1. The Morgan fingerprint density at radius 2 is 1.06 bits per heavy atom. The van der Waals surface area contributed by atoms with Gasteiger partial charge in [-0.1, -0.05) is 0 Å². The van der Waals surface area contributed by atoms with E-state index in [1.165, 1.54) is 12.1 Å². The van der Waals surface area contributed by atoms with Crippen molar-refractivity contribution < 1.29 is 13.2 Å². The summed E-state index contributed by atoms with van der Waals surface area (Å²) in [5.74, 6) is 0. The second kappa shape index (κ2) is 8.67. The minimum atomic E-state index is -4.49. The van der Waals surface area contributed by atoms with Crippen LogP contribution in [0.5, 0.6) is 0 Å². The van der Waals surface area contributed by atoms with Crippen LogP contribution in [0.4, 0.5) is 13.2 Å². The van der Waals surface area contributed by atoms with Crippen molar-refractivity contribution in [3.63, 3.8) is 0 Å². The molecule has 0 N–H and O–H groups in total. The van der Waals surface area contributed by atoms with Crippen LogP contribution in [0.3, 0.4) is 0 Å². The number of benzene rings is 4. The molecule has 0 heterocycles. The molecule has 0 bridgehead atoms. The molecule has 0 atom stereocenters. The monoisotopic (exact) mass is 534 g/mol. The van der Waals surface area contributed by atoms with Gasteiger partial charge < -0.3 is 0 Å². The number of rotatable bonds is 5. The van der Waals surface area contributed by atoms with Crippen LogP contribution in [0.25, 0.3) is 0 Å². The van der Waals surface area contributed by atoms with E-state index in [0.717, 1.165) is 22.0 Å². The van der Waals surface area contributed by atoms with Gasteiger partial charge in [-0.15, -0.1) is 0 Å². The molecular weight excluding hydrogens is 516 g/mol. The minimum absolute atomic E-state index is 0.124. The average Bonchev–Trinajstić information content (AvgIpc) is 2.80. The standard InChI is InChI=1S/C26H20BrClF3P/c27-32(22-10-4-1-5-11-22,23-12-6-2-7-13-23,24-14-8-3-9-15-24)19-20-18-21(28)16-17-25(20)26(29,30)31/h1-18H,19H2. The third-order valence-corrected chi connectivity index (χ3v) is 15.5. The predicted molar refractivity (Wildman–Crippen MR) is 134 cm³/mol. The zero-order valence-electron chi connectivity index (χ0n) is 16.9. The number of hydrogen-bond acceptors (Lipinski definition) is 0. The third-order valence-electron chi connectivity index (χ3n) is 5.72. The summed E-state index contributed by atoms with van der Waals surface area (Å²) < 4.78 is 42.1.